The van der Waals surface area contributed by atoms with Crippen LogP contribution in [0.25, 0.3) is 0 Å². The Kier molecular flexibility index (Phi) is 7.05. The molecule has 33 heavy (non-hydrogen) atoms. The number of hydrogen-bond donors (Lipinski definition) is 2. The fourth-order valence-corrected chi connectivity index (χ4v) is 4.46. The van der Waals surface area contributed by atoms with Crippen molar-refractivity contribution in [2.75, 3.05) is 51.8 Å². The van der Waals surface area contributed by atoms with Gasteiger partial charge in [-0.3, -0.25) is 4.90 Å². The molecule has 4 rings (SSSR count). The van der Waals surface area contributed by atoms with Crippen molar-refractivity contribution in [3.05, 3.63) is 70.4 Å². The molecule has 2 aliphatic heterocycles. The first kappa shape index (κ1) is 22.9. The fraction of sp³-hybridized carbons (Fsp3) is 0.333. The average molecular weight is 471 g/mol. The number of nitrogens with zero attached hydrogens (tertiary/aromatic N) is 2. The number of amides is 2. The van der Waals surface area contributed by atoms with E-state index in [1.165, 1.54) is 7.11 Å². The number of carbonyl (C=O) groups excluding carboxylic acids is 2. The van der Waals surface area contributed by atoms with Crippen molar-refractivity contribution in [3.8, 4) is 5.75 Å². The molecule has 2 heterocycles. The van der Waals surface area contributed by atoms with Gasteiger partial charge in [0.25, 0.3) is 0 Å². The van der Waals surface area contributed by atoms with Crippen LogP contribution >= 0.6 is 11.6 Å². The molecule has 1 atom stereocenters. The number of hydrogen-bond acceptors (Lipinski definition) is 6. The van der Waals surface area contributed by atoms with E-state index in [9.17, 15) is 9.59 Å². The summed E-state index contributed by atoms with van der Waals surface area (Å²) in [6.07, 6.45) is 0. The lowest BCUT2D eigenvalue weighted by atomic mass is 9.95. The summed E-state index contributed by atoms with van der Waals surface area (Å²) in [5.41, 5.74) is 2.69. The van der Waals surface area contributed by atoms with E-state index in [-0.39, 0.29) is 6.03 Å². The summed E-state index contributed by atoms with van der Waals surface area (Å²) in [6, 6.07) is 14.1. The minimum atomic E-state index is -0.685. The monoisotopic (exact) mass is 470 g/mol. The second-order valence-corrected chi connectivity index (χ2v) is 8.31. The van der Waals surface area contributed by atoms with Gasteiger partial charge in [0.2, 0.25) is 0 Å². The third kappa shape index (κ3) is 5.07. The molecule has 2 N–H and O–H groups in total. The summed E-state index contributed by atoms with van der Waals surface area (Å²) in [5, 5.41) is 6.10. The predicted octanol–water partition coefficient (Wildman–Crippen LogP) is 2.95. The van der Waals surface area contributed by atoms with Crippen molar-refractivity contribution in [2.45, 2.75) is 6.04 Å². The first-order chi connectivity index (χ1) is 16.0. The smallest absolute Gasteiger partial charge is 0.338 e. The molecule has 174 valence electrons. The summed E-state index contributed by atoms with van der Waals surface area (Å²) in [6.45, 7) is 3.64. The number of halogens is 1. The molecule has 0 aromatic heterocycles. The van der Waals surface area contributed by atoms with Crippen LogP contribution in [0, 0.1) is 0 Å². The number of anilines is 1. The molecule has 2 aromatic rings. The Morgan fingerprint density at radius 2 is 1.76 bits per heavy atom. The van der Waals surface area contributed by atoms with E-state index >= 15 is 0 Å². The number of carbonyl (C=O) groups is 2. The number of methoxy groups -OCH3 is 2. The maximum Gasteiger partial charge on any atom is 0.338 e. The zero-order chi connectivity index (χ0) is 23.4. The Morgan fingerprint density at radius 3 is 2.39 bits per heavy atom. The lowest BCUT2D eigenvalue weighted by Gasteiger charge is -2.38. The summed E-state index contributed by atoms with van der Waals surface area (Å²) >= 11 is 6.38. The van der Waals surface area contributed by atoms with Crippen LogP contribution < -0.4 is 20.3 Å². The molecule has 0 saturated carbocycles. The Morgan fingerprint density at radius 1 is 1.06 bits per heavy atom. The molecule has 0 unspecified atom stereocenters. The van der Waals surface area contributed by atoms with Crippen molar-refractivity contribution < 1.29 is 19.1 Å². The summed E-state index contributed by atoms with van der Waals surface area (Å²) in [7, 11) is 2.99. The number of piperazine rings is 1. The van der Waals surface area contributed by atoms with Crippen LogP contribution in [-0.2, 0) is 9.53 Å². The first-order valence-electron chi connectivity index (χ1n) is 10.7. The van der Waals surface area contributed by atoms with Gasteiger partial charge in [-0.15, -0.1) is 0 Å². The summed E-state index contributed by atoms with van der Waals surface area (Å²) in [4.78, 5) is 29.7. The van der Waals surface area contributed by atoms with Gasteiger partial charge in [-0.25, -0.2) is 9.59 Å². The van der Waals surface area contributed by atoms with Crippen molar-refractivity contribution >= 4 is 29.3 Å². The van der Waals surface area contributed by atoms with Crippen molar-refractivity contribution in [1.29, 1.82) is 0 Å². The quantitative estimate of drug-likeness (QED) is 0.632. The van der Waals surface area contributed by atoms with E-state index in [4.69, 9.17) is 21.1 Å². The fourth-order valence-electron chi connectivity index (χ4n) is 4.22. The lowest BCUT2D eigenvalue weighted by Crippen LogP contribution is -2.51. The van der Waals surface area contributed by atoms with E-state index in [0.717, 1.165) is 37.6 Å². The average Bonchev–Trinajstić information content (AvgIpc) is 2.84. The van der Waals surface area contributed by atoms with Crippen LogP contribution in [0.1, 0.15) is 11.6 Å². The molecule has 0 radical (unpaired) electrons. The normalized spacial score (nSPS) is 19.1. The third-order valence-electron chi connectivity index (χ3n) is 5.97. The highest BCUT2D eigenvalue weighted by Gasteiger charge is 2.35. The predicted molar refractivity (Wildman–Crippen MR) is 127 cm³/mol. The van der Waals surface area contributed by atoms with Gasteiger partial charge in [-0.1, -0.05) is 29.8 Å². The molecule has 1 fully saturated rings. The SMILES string of the molecule is COC(=O)C1=C(CN2CCN(c3ccc(OC)cc3)CC2)NC(=O)N[C@@H]1c1ccccc1Cl. The van der Waals surface area contributed by atoms with Crippen LogP contribution in [0.3, 0.4) is 0 Å². The van der Waals surface area contributed by atoms with Crippen LogP contribution in [-0.4, -0.2) is 63.8 Å². The van der Waals surface area contributed by atoms with Crippen molar-refractivity contribution in [3.63, 3.8) is 0 Å². The second kappa shape index (κ2) is 10.1. The molecule has 2 amide bonds. The van der Waals surface area contributed by atoms with Crippen LogP contribution in [0.15, 0.2) is 59.8 Å². The van der Waals surface area contributed by atoms with Gasteiger partial charge in [-0.2, -0.15) is 0 Å². The topological polar surface area (TPSA) is 83.1 Å². The number of nitrogens with one attached hydrogen (secondary N) is 2. The molecule has 1 saturated heterocycles. The third-order valence-corrected chi connectivity index (χ3v) is 6.31. The van der Waals surface area contributed by atoms with Crippen LogP contribution in [0.5, 0.6) is 5.75 Å². The van der Waals surface area contributed by atoms with E-state index < -0.39 is 12.0 Å². The molecular formula is C24H27ClN4O4. The van der Waals surface area contributed by atoms with Gasteiger partial charge in [0.1, 0.15) is 5.75 Å². The van der Waals surface area contributed by atoms with E-state index in [1.807, 2.05) is 30.3 Å². The van der Waals surface area contributed by atoms with Gasteiger partial charge in [0.15, 0.2) is 0 Å². The Labute approximate surface area is 198 Å². The van der Waals surface area contributed by atoms with Gasteiger partial charge in [-0.05, 0) is 35.9 Å². The van der Waals surface area contributed by atoms with E-state index in [1.54, 1.807) is 25.3 Å². The standard InChI is InChI=1S/C24H27ClN4O4/c1-32-17-9-7-16(8-10-17)29-13-11-28(12-14-29)15-20-21(23(30)33-2)22(27-24(31)26-20)18-5-3-4-6-19(18)25/h3-10,22H,11-15H2,1-2H3,(H2,26,27,31)/t22-/m1/s1. The molecular weight excluding hydrogens is 444 g/mol. The van der Waals surface area contributed by atoms with Gasteiger partial charge < -0.3 is 25.0 Å². The van der Waals surface area contributed by atoms with Gasteiger partial charge in [0, 0.05) is 49.1 Å². The van der Waals surface area contributed by atoms with Crippen LogP contribution in [0.2, 0.25) is 5.02 Å². The van der Waals surface area contributed by atoms with Crippen molar-refractivity contribution in [2.24, 2.45) is 0 Å². The number of rotatable bonds is 6. The van der Waals surface area contributed by atoms with E-state index in [0.29, 0.717) is 28.4 Å². The number of urea groups is 1. The zero-order valence-electron chi connectivity index (χ0n) is 18.6. The number of ether oxygens (including phenoxy) is 2. The molecule has 9 heteroatoms. The van der Waals surface area contributed by atoms with Crippen molar-refractivity contribution in [1.82, 2.24) is 15.5 Å². The molecule has 0 bridgehead atoms. The largest absolute Gasteiger partial charge is 0.497 e. The highest BCUT2D eigenvalue weighted by Crippen LogP contribution is 2.32. The molecule has 2 aliphatic rings. The molecule has 0 spiro atoms. The first-order valence-corrected chi connectivity index (χ1v) is 11.1. The minimum Gasteiger partial charge on any atom is -0.497 e. The Hall–Kier alpha value is -3.23. The minimum absolute atomic E-state index is 0.364. The Bertz CT molecular complexity index is 1050. The summed E-state index contributed by atoms with van der Waals surface area (Å²) in [5.74, 6) is 0.327. The molecule has 8 nitrogen and oxygen atoms in total. The highest BCUT2D eigenvalue weighted by atomic mass is 35.5. The zero-order valence-corrected chi connectivity index (χ0v) is 19.4. The Balaban J connectivity index is 1.53. The van der Waals surface area contributed by atoms with Gasteiger partial charge in [0.05, 0.1) is 25.8 Å². The van der Waals surface area contributed by atoms with Gasteiger partial charge >= 0.3 is 12.0 Å². The van der Waals surface area contributed by atoms with E-state index in [2.05, 4.69) is 20.4 Å². The highest BCUT2D eigenvalue weighted by molar-refractivity contribution is 6.31. The number of benzene rings is 2. The maximum atomic E-state index is 12.8. The van der Waals surface area contributed by atoms with Crippen LogP contribution in [0.4, 0.5) is 10.5 Å². The number of esters is 1. The summed E-state index contributed by atoms with van der Waals surface area (Å²) < 4.78 is 10.3. The maximum absolute atomic E-state index is 12.8. The molecule has 2 aromatic carbocycles. The molecule has 0 aliphatic carbocycles. The second-order valence-electron chi connectivity index (χ2n) is 7.90. The lowest BCUT2D eigenvalue weighted by molar-refractivity contribution is -0.136.